The lowest BCUT2D eigenvalue weighted by atomic mass is 10.1. The predicted octanol–water partition coefficient (Wildman–Crippen LogP) is 4.02. The van der Waals surface area contributed by atoms with Crippen molar-refractivity contribution in [2.24, 2.45) is 0 Å². The maximum atomic E-state index is 12.5. The van der Waals surface area contributed by atoms with Crippen molar-refractivity contribution in [1.82, 2.24) is 0 Å². The second-order valence-corrected chi connectivity index (χ2v) is 4.78. The van der Waals surface area contributed by atoms with E-state index in [2.05, 4.69) is 0 Å². The van der Waals surface area contributed by atoms with Gasteiger partial charge in [0.2, 0.25) is 16.9 Å². The van der Waals surface area contributed by atoms with E-state index in [-0.39, 0.29) is 16.9 Å². The molecule has 0 bridgehead atoms. The number of halogens is 1. The summed E-state index contributed by atoms with van der Waals surface area (Å²) in [4.78, 5) is 12.5. The SMILES string of the molecule is COc1c(-c2ccco2)oc2cc(C)c(Cl)cc2c1=O. The van der Waals surface area contributed by atoms with Crippen LogP contribution in [0.1, 0.15) is 5.56 Å². The van der Waals surface area contributed by atoms with Crippen LogP contribution in [0.4, 0.5) is 0 Å². The Morgan fingerprint density at radius 3 is 2.75 bits per heavy atom. The number of fused-ring (bicyclic) bond motifs is 1. The van der Waals surface area contributed by atoms with Gasteiger partial charge >= 0.3 is 0 Å². The second-order valence-electron chi connectivity index (χ2n) is 4.37. The molecule has 0 N–H and O–H groups in total. The van der Waals surface area contributed by atoms with Gasteiger partial charge in [0.05, 0.1) is 18.8 Å². The van der Waals surface area contributed by atoms with Crippen LogP contribution < -0.4 is 10.2 Å². The van der Waals surface area contributed by atoms with Gasteiger partial charge in [-0.15, -0.1) is 0 Å². The molecule has 5 heteroatoms. The average molecular weight is 291 g/mol. The number of aryl methyl sites for hydroxylation is 1. The minimum absolute atomic E-state index is 0.104. The summed E-state index contributed by atoms with van der Waals surface area (Å²) in [6.45, 7) is 1.85. The zero-order valence-corrected chi connectivity index (χ0v) is 11.7. The Balaban J connectivity index is 2.42. The van der Waals surface area contributed by atoms with E-state index in [9.17, 15) is 4.79 Å². The summed E-state index contributed by atoms with van der Waals surface area (Å²) in [7, 11) is 1.42. The largest absolute Gasteiger partial charge is 0.489 e. The number of furan rings is 1. The molecule has 0 radical (unpaired) electrons. The molecule has 0 aliphatic carbocycles. The smallest absolute Gasteiger partial charge is 0.235 e. The Morgan fingerprint density at radius 1 is 1.30 bits per heavy atom. The molecule has 0 fully saturated rings. The monoisotopic (exact) mass is 290 g/mol. The summed E-state index contributed by atoms with van der Waals surface area (Å²) in [6, 6.07) is 6.74. The standard InChI is InChI=1S/C15H11ClO4/c1-8-6-12-9(7-10(8)16)13(17)15(18-2)14(20-12)11-4-3-5-19-11/h3-7H,1-2H3. The summed E-state index contributed by atoms with van der Waals surface area (Å²) in [5, 5.41) is 0.894. The third kappa shape index (κ3) is 1.89. The van der Waals surface area contributed by atoms with E-state index >= 15 is 0 Å². The quantitative estimate of drug-likeness (QED) is 0.715. The van der Waals surface area contributed by atoms with Gasteiger partial charge < -0.3 is 13.6 Å². The van der Waals surface area contributed by atoms with E-state index in [1.54, 1.807) is 24.3 Å². The summed E-state index contributed by atoms with van der Waals surface area (Å²) in [6.07, 6.45) is 1.51. The van der Waals surface area contributed by atoms with Crippen LogP contribution in [0, 0.1) is 6.92 Å². The van der Waals surface area contributed by atoms with Crippen LogP contribution in [0.5, 0.6) is 5.75 Å². The topological polar surface area (TPSA) is 52.6 Å². The van der Waals surface area contributed by atoms with Gasteiger partial charge in [0.25, 0.3) is 0 Å². The van der Waals surface area contributed by atoms with Gasteiger partial charge in [-0.05, 0) is 36.8 Å². The van der Waals surface area contributed by atoms with Gasteiger partial charge in [0.15, 0.2) is 5.76 Å². The molecule has 1 aromatic carbocycles. The molecule has 0 aliphatic heterocycles. The molecule has 0 atom stereocenters. The molecule has 0 saturated heterocycles. The zero-order valence-electron chi connectivity index (χ0n) is 10.9. The van der Waals surface area contributed by atoms with Crippen LogP contribution in [0.3, 0.4) is 0 Å². The molecule has 2 aromatic heterocycles. The van der Waals surface area contributed by atoms with E-state index in [1.807, 2.05) is 6.92 Å². The van der Waals surface area contributed by atoms with Gasteiger partial charge in [-0.2, -0.15) is 0 Å². The number of benzene rings is 1. The Labute approximate surface area is 119 Å². The Hall–Kier alpha value is -2.20. The van der Waals surface area contributed by atoms with E-state index in [4.69, 9.17) is 25.2 Å². The van der Waals surface area contributed by atoms with Crippen LogP contribution in [-0.2, 0) is 0 Å². The highest BCUT2D eigenvalue weighted by Gasteiger charge is 2.19. The van der Waals surface area contributed by atoms with Gasteiger partial charge in [0, 0.05) is 5.02 Å². The number of ether oxygens (including phenoxy) is 1. The van der Waals surface area contributed by atoms with E-state index < -0.39 is 0 Å². The fraction of sp³-hybridized carbons (Fsp3) is 0.133. The molecule has 4 nitrogen and oxygen atoms in total. The molecule has 3 rings (SSSR count). The molecule has 0 amide bonds. The molecule has 0 saturated carbocycles. The van der Waals surface area contributed by atoms with Crippen molar-refractivity contribution in [2.75, 3.05) is 7.11 Å². The van der Waals surface area contributed by atoms with Crippen molar-refractivity contribution >= 4 is 22.6 Å². The van der Waals surface area contributed by atoms with Crippen LogP contribution >= 0.6 is 11.6 Å². The highest BCUT2D eigenvalue weighted by Crippen LogP contribution is 2.32. The van der Waals surface area contributed by atoms with Crippen LogP contribution in [0.25, 0.3) is 22.5 Å². The van der Waals surface area contributed by atoms with E-state index in [0.717, 1.165) is 5.56 Å². The highest BCUT2D eigenvalue weighted by molar-refractivity contribution is 6.32. The Morgan fingerprint density at radius 2 is 2.10 bits per heavy atom. The number of hydrogen-bond acceptors (Lipinski definition) is 4. The van der Waals surface area contributed by atoms with Crippen LogP contribution in [-0.4, -0.2) is 7.11 Å². The maximum Gasteiger partial charge on any atom is 0.235 e. The normalized spacial score (nSPS) is 10.9. The fourth-order valence-corrected chi connectivity index (χ4v) is 2.22. The molecule has 2 heterocycles. The van der Waals surface area contributed by atoms with Crippen molar-refractivity contribution < 1.29 is 13.6 Å². The first-order chi connectivity index (χ1) is 9.61. The van der Waals surface area contributed by atoms with Crippen LogP contribution in [0.2, 0.25) is 5.02 Å². The summed E-state index contributed by atoms with van der Waals surface area (Å²) < 4.78 is 16.2. The minimum Gasteiger partial charge on any atom is -0.489 e. The van der Waals surface area contributed by atoms with E-state index in [1.165, 1.54) is 13.4 Å². The lowest BCUT2D eigenvalue weighted by Gasteiger charge is -2.08. The predicted molar refractivity (Wildman–Crippen MR) is 76.5 cm³/mol. The summed E-state index contributed by atoms with van der Waals surface area (Å²) >= 11 is 6.05. The lowest BCUT2D eigenvalue weighted by Crippen LogP contribution is -2.07. The van der Waals surface area contributed by atoms with Gasteiger partial charge in [-0.3, -0.25) is 4.79 Å². The molecule has 102 valence electrons. The fourth-order valence-electron chi connectivity index (χ4n) is 2.05. The third-order valence-corrected chi connectivity index (χ3v) is 3.49. The summed E-state index contributed by atoms with van der Waals surface area (Å²) in [5.41, 5.74) is 1.00. The maximum absolute atomic E-state index is 12.5. The third-order valence-electron chi connectivity index (χ3n) is 3.08. The number of methoxy groups -OCH3 is 1. The molecule has 3 aromatic rings. The van der Waals surface area contributed by atoms with Gasteiger partial charge in [-0.1, -0.05) is 11.6 Å². The van der Waals surface area contributed by atoms with Crippen molar-refractivity contribution in [2.45, 2.75) is 6.92 Å². The lowest BCUT2D eigenvalue weighted by molar-refractivity contribution is 0.394. The van der Waals surface area contributed by atoms with Crippen molar-refractivity contribution in [3.8, 4) is 17.3 Å². The first-order valence-electron chi connectivity index (χ1n) is 5.96. The molecule has 20 heavy (non-hydrogen) atoms. The van der Waals surface area contributed by atoms with E-state index in [0.29, 0.717) is 21.8 Å². The zero-order chi connectivity index (χ0) is 14.3. The first-order valence-corrected chi connectivity index (χ1v) is 6.34. The molecular weight excluding hydrogens is 280 g/mol. The first kappa shape index (κ1) is 12.8. The Kier molecular flexibility index (Phi) is 3.03. The average Bonchev–Trinajstić information content (AvgIpc) is 2.95. The Bertz CT molecular complexity index is 831. The van der Waals surface area contributed by atoms with Crippen molar-refractivity contribution in [3.05, 3.63) is 51.3 Å². The highest BCUT2D eigenvalue weighted by atomic mass is 35.5. The molecule has 0 aliphatic rings. The minimum atomic E-state index is -0.276. The molecular formula is C15H11ClO4. The molecule has 0 unspecified atom stereocenters. The number of rotatable bonds is 2. The molecule has 0 spiro atoms. The van der Waals surface area contributed by atoms with Gasteiger partial charge in [-0.25, -0.2) is 0 Å². The summed E-state index contributed by atoms with van der Waals surface area (Å²) in [5.74, 6) is 0.817. The van der Waals surface area contributed by atoms with Crippen LogP contribution in [0.15, 0.2) is 44.2 Å². The number of hydrogen-bond donors (Lipinski definition) is 0. The van der Waals surface area contributed by atoms with Crippen molar-refractivity contribution in [3.63, 3.8) is 0 Å². The van der Waals surface area contributed by atoms with Crippen molar-refractivity contribution in [1.29, 1.82) is 0 Å². The van der Waals surface area contributed by atoms with Gasteiger partial charge in [0.1, 0.15) is 5.58 Å². The second kappa shape index (κ2) is 4.72.